The average molecular weight is 296 g/mol. The minimum Gasteiger partial charge on any atom is -0.478 e. The Hall–Kier alpha value is -1.62. The molecule has 1 rings (SSSR count). The number of hydrogen-bond donors (Lipinski definition) is 2. The fraction of sp³-hybridized carbons (Fsp3) is 0.562. The van der Waals surface area contributed by atoms with Gasteiger partial charge in [-0.25, -0.2) is 9.18 Å². The largest absolute Gasteiger partial charge is 0.478 e. The standard InChI is InChI=1S/C16H25FN2O2/c1-4-19(5-2)10-6-7-12(3)18-15-9-8-13(16(20)21)11-14(15)17/h8-9,11-12,18H,4-7,10H2,1-3H3,(H,20,21). The Morgan fingerprint density at radius 3 is 2.57 bits per heavy atom. The summed E-state index contributed by atoms with van der Waals surface area (Å²) in [5, 5.41) is 11.9. The first kappa shape index (κ1) is 17.4. The summed E-state index contributed by atoms with van der Waals surface area (Å²) in [5.74, 6) is -1.64. The summed E-state index contributed by atoms with van der Waals surface area (Å²) in [6, 6.07) is 4.09. The highest BCUT2D eigenvalue weighted by Crippen LogP contribution is 2.18. The highest BCUT2D eigenvalue weighted by atomic mass is 19.1. The Bertz CT molecular complexity index is 462. The van der Waals surface area contributed by atoms with Gasteiger partial charge < -0.3 is 15.3 Å². The van der Waals surface area contributed by atoms with Crippen molar-refractivity contribution in [2.45, 2.75) is 39.7 Å². The van der Waals surface area contributed by atoms with Crippen molar-refractivity contribution in [3.63, 3.8) is 0 Å². The smallest absolute Gasteiger partial charge is 0.335 e. The van der Waals surface area contributed by atoms with Gasteiger partial charge in [-0.1, -0.05) is 13.8 Å². The molecule has 1 atom stereocenters. The molecule has 0 fully saturated rings. The molecule has 0 aromatic heterocycles. The first-order chi connectivity index (χ1) is 9.97. The molecule has 0 saturated carbocycles. The first-order valence-corrected chi connectivity index (χ1v) is 7.49. The van der Waals surface area contributed by atoms with E-state index in [1.54, 1.807) is 0 Å². The Balaban J connectivity index is 2.47. The fourth-order valence-electron chi connectivity index (χ4n) is 2.26. The summed E-state index contributed by atoms with van der Waals surface area (Å²) in [7, 11) is 0. The Morgan fingerprint density at radius 1 is 1.38 bits per heavy atom. The van der Waals surface area contributed by atoms with Gasteiger partial charge in [-0.3, -0.25) is 0 Å². The lowest BCUT2D eigenvalue weighted by molar-refractivity contribution is 0.0696. The SMILES string of the molecule is CCN(CC)CCCC(C)Nc1ccc(C(=O)O)cc1F. The van der Waals surface area contributed by atoms with Crippen molar-refractivity contribution in [3.8, 4) is 0 Å². The van der Waals surface area contributed by atoms with Gasteiger partial charge in [0.05, 0.1) is 11.3 Å². The van der Waals surface area contributed by atoms with E-state index in [-0.39, 0.29) is 11.6 Å². The molecule has 4 nitrogen and oxygen atoms in total. The third-order valence-corrected chi connectivity index (χ3v) is 3.62. The van der Waals surface area contributed by atoms with Crippen molar-refractivity contribution >= 4 is 11.7 Å². The van der Waals surface area contributed by atoms with E-state index in [1.807, 2.05) is 6.92 Å². The van der Waals surface area contributed by atoms with Gasteiger partial charge in [0.1, 0.15) is 5.82 Å². The molecule has 0 radical (unpaired) electrons. The molecular weight excluding hydrogens is 271 g/mol. The molecule has 0 aliphatic heterocycles. The number of aromatic carboxylic acids is 1. The van der Waals surface area contributed by atoms with E-state index in [9.17, 15) is 9.18 Å². The van der Waals surface area contributed by atoms with Crippen LogP contribution >= 0.6 is 0 Å². The number of rotatable bonds is 9. The van der Waals surface area contributed by atoms with Crippen molar-refractivity contribution in [1.29, 1.82) is 0 Å². The van der Waals surface area contributed by atoms with Gasteiger partial charge in [0, 0.05) is 6.04 Å². The van der Waals surface area contributed by atoms with Gasteiger partial charge >= 0.3 is 5.97 Å². The maximum absolute atomic E-state index is 13.8. The molecule has 1 aromatic carbocycles. The van der Waals surface area contributed by atoms with Gasteiger partial charge in [0.15, 0.2) is 0 Å². The van der Waals surface area contributed by atoms with Crippen LogP contribution in [0, 0.1) is 5.82 Å². The van der Waals surface area contributed by atoms with Crippen LogP contribution in [0.15, 0.2) is 18.2 Å². The van der Waals surface area contributed by atoms with E-state index < -0.39 is 11.8 Å². The zero-order chi connectivity index (χ0) is 15.8. The molecular formula is C16H25FN2O2. The van der Waals surface area contributed by atoms with Crippen LogP contribution in [0.25, 0.3) is 0 Å². The Kier molecular flexibility index (Phi) is 7.15. The van der Waals surface area contributed by atoms with E-state index in [0.717, 1.165) is 38.5 Å². The van der Waals surface area contributed by atoms with Crippen LogP contribution in [0.1, 0.15) is 44.0 Å². The minimum absolute atomic E-state index is 0.0350. The number of carboxylic acids is 1. The maximum Gasteiger partial charge on any atom is 0.335 e. The average Bonchev–Trinajstić information content (AvgIpc) is 2.45. The van der Waals surface area contributed by atoms with E-state index in [2.05, 4.69) is 24.1 Å². The van der Waals surface area contributed by atoms with E-state index in [4.69, 9.17) is 5.11 Å². The summed E-state index contributed by atoms with van der Waals surface area (Å²) in [6.07, 6.45) is 1.99. The molecule has 0 bridgehead atoms. The quantitative estimate of drug-likeness (QED) is 0.733. The van der Waals surface area contributed by atoms with Gasteiger partial charge in [-0.15, -0.1) is 0 Å². The zero-order valence-corrected chi connectivity index (χ0v) is 13.0. The van der Waals surface area contributed by atoms with Gasteiger partial charge in [0.2, 0.25) is 0 Å². The molecule has 5 heteroatoms. The van der Waals surface area contributed by atoms with E-state index in [0.29, 0.717) is 5.69 Å². The highest BCUT2D eigenvalue weighted by Gasteiger charge is 2.10. The summed E-state index contributed by atoms with van der Waals surface area (Å²) >= 11 is 0. The van der Waals surface area contributed by atoms with Crippen LogP contribution in [0.3, 0.4) is 0 Å². The van der Waals surface area contributed by atoms with Crippen LogP contribution < -0.4 is 5.32 Å². The predicted molar refractivity (Wildman–Crippen MR) is 83.5 cm³/mol. The van der Waals surface area contributed by atoms with Gasteiger partial charge in [0.25, 0.3) is 0 Å². The summed E-state index contributed by atoms with van der Waals surface area (Å²) in [5.41, 5.74) is 0.322. The number of carbonyl (C=O) groups is 1. The molecule has 0 spiro atoms. The van der Waals surface area contributed by atoms with Gasteiger partial charge in [-0.2, -0.15) is 0 Å². The van der Waals surface area contributed by atoms with Crippen LogP contribution in [0.4, 0.5) is 10.1 Å². The number of nitrogens with zero attached hydrogens (tertiary/aromatic N) is 1. The molecule has 0 saturated heterocycles. The molecule has 0 amide bonds. The minimum atomic E-state index is -1.12. The van der Waals surface area contributed by atoms with Crippen molar-refractivity contribution in [2.75, 3.05) is 25.0 Å². The highest BCUT2D eigenvalue weighted by molar-refractivity contribution is 5.88. The van der Waals surface area contributed by atoms with E-state index in [1.165, 1.54) is 12.1 Å². The van der Waals surface area contributed by atoms with Crippen molar-refractivity contribution in [3.05, 3.63) is 29.6 Å². The second kappa shape index (κ2) is 8.62. The van der Waals surface area contributed by atoms with Gasteiger partial charge in [-0.05, 0) is 57.6 Å². The second-order valence-electron chi connectivity index (χ2n) is 5.21. The van der Waals surface area contributed by atoms with Crippen molar-refractivity contribution in [1.82, 2.24) is 4.90 Å². The predicted octanol–water partition coefficient (Wildman–Crippen LogP) is 3.45. The molecule has 1 aromatic rings. The third-order valence-electron chi connectivity index (χ3n) is 3.62. The van der Waals surface area contributed by atoms with Crippen molar-refractivity contribution in [2.24, 2.45) is 0 Å². The molecule has 118 valence electrons. The molecule has 21 heavy (non-hydrogen) atoms. The number of anilines is 1. The summed E-state index contributed by atoms with van der Waals surface area (Å²) in [4.78, 5) is 13.1. The van der Waals surface area contributed by atoms with Crippen LogP contribution in [-0.4, -0.2) is 41.7 Å². The topological polar surface area (TPSA) is 52.6 Å². The molecule has 1 unspecified atom stereocenters. The lowest BCUT2D eigenvalue weighted by Gasteiger charge is -2.20. The van der Waals surface area contributed by atoms with Crippen molar-refractivity contribution < 1.29 is 14.3 Å². The van der Waals surface area contributed by atoms with Crippen LogP contribution in [0.5, 0.6) is 0 Å². The van der Waals surface area contributed by atoms with E-state index >= 15 is 0 Å². The monoisotopic (exact) mass is 296 g/mol. The Morgan fingerprint density at radius 2 is 2.05 bits per heavy atom. The number of benzene rings is 1. The third kappa shape index (κ3) is 5.71. The normalized spacial score (nSPS) is 12.4. The lowest BCUT2D eigenvalue weighted by Crippen LogP contribution is -2.25. The van der Waals surface area contributed by atoms with Crippen LogP contribution in [0.2, 0.25) is 0 Å². The van der Waals surface area contributed by atoms with Crippen LogP contribution in [-0.2, 0) is 0 Å². The summed E-state index contributed by atoms with van der Waals surface area (Å²) in [6.45, 7) is 9.43. The Labute approximate surface area is 126 Å². The number of carboxylic acid groups (broad SMARTS) is 1. The molecule has 2 N–H and O–H groups in total. The zero-order valence-electron chi connectivity index (χ0n) is 13.0. The lowest BCUT2D eigenvalue weighted by atomic mass is 10.1. The summed E-state index contributed by atoms with van der Waals surface area (Å²) < 4.78 is 13.8. The molecule has 0 aliphatic carbocycles. The molecule has 0 aliphatic rings. The second-order valence-corrected chi connectivity index (χ2v) is 5.21. The fourth-order valence-corrected chi connectivity index (χ4v) is 2.26. The number of nitrogens with one attached hydrogen (secondary N) is 1. The molecule has 0 heterocycles. The number of hydrogen-bond acceptors (Lipinski definition) is 3. The number of halogens is 1. The maximum atomic E-state index is 13.8. The first-order valence-electron chi connectivity index (χ1n) is 7.49.